The van der Waals surface area contributed by atoms with Crippen LogP contribution in [0.2, 0.25) is 0 Å². The fourth-order valence-electron chi connectivity index (χ4n) is 2.59. The Labute approximate surface area is 137 Å². The number of benzene rings is 1. The largest absolute Gasteiger partial charge is 0.391 e. The highest BCUT2D eigenvalue weighted by molar-refractivity contribution is 9.10. The topological polar surface area (TPSA) is 44.3 Å². The van der Waals surface area contributed by atoms with Crippen LogP contribution in [-0.4, -0.2) is 30.8 Å². The molecule has 3 rings (SSSR count). The SMILES string of the molecule is OC1CNCC1CNCc1ccc(-c2ccccc2Br)s1. The molecule has 5 heteroatoms. The Kier molecular flexibility index (Phi) is 5.08. The van der Waals surface area contributed by atoms with E-state index >= 15 is 0 Å². The van der Waals surface area contributed by atoms with Crippen LogP contribution in [0.3, 0.4) is 0 Å². The molecule has 21 heavy (non-hydrogen) atoms. The molecule has 0 radical (unpaired) electrons. The smallest absolute Gasteiger partial charge is 0.0716 e. The monoisotopic (exact) mass is 366 g/mol. The highest BCUT2D eigenvalue weighted by Crippen LogP contribution is 2.33. The van der Waals surface area contributed by atoms with Gasteiger partial charge in [-0.3, -0.25) is 0 Å². The Balaban J connectivity index is 1.57. The first-order chi connectivity index (χ1) is 10.2. The molecule has 2 heterocycles. The number of halogens is 1. The normalized spacial score (nSPS) is 21.8. The molecule has 1 aliphatic rings. The Morgan fingerprint density at radius 3 is 2.86 bits per heavy atom. The molecule has 0 saturated carbocycles. The second kappa shape index (κ2) is 7.03. The minimum atomic E-state index is -0.211. The van der Waals surface area contributed by atoms with Crippen LogP contribution in [0.1, 0.15) is 4.88 Å². The maximum Gasteiger partial charge on any atom is 0.0716 e. The molecule has 2 aromatic rings. The Morgan fingerprint density at radius 2 is 2.10 bits per heavy atom. The quantitative estimate of drug-likeness (QED) is 0.762. The number of hydrogen-bond acceptors (Lipinski definition) is 4. The Morgan fingerprint density at radius 1 is 1.24 bits per heavy atom. The molecule has 2 atom stereocenters. The number of aliphatic hydroxyl groups is 1. The standard InChI is InChI=1S/C16H19BrN2OS/c17-14-4-2-1-3-13(14)16-6-5-12(21-16)9-18-7-11-8-19-10-15(11)20/h1-6,11,15,18-20H,7-10H2. The lowest BCUT2D eigenvalue weighted by Gasteiger charge is -2.13. The first-order valence-electron chi connectivity index (χ1n) is 7.17. The number of nitrogens with one attached hydrogen (secondary N) is 2. The minimum Gasteiger partial charge on any atom is -0.391 e. The van der Waals surface area contributed by atoms with Crippen LogP contribution >= 0.6 is 27.3 Å². The zero-order valence-corrected chi connectivity index (χ0v) is 14.1. The van der Waals surface area contributed by atoms with Crippen molar-refractivity contribution < 1.29 is 5.11 Å². The molecule has 1 aromatic carbocycles. The third-order valence-electron chi connectivity index (χ3n) is 3.81. The van der Waals surface area contributed by atoms with Crippen LogP contribution in [0, 0.1) is 5.92 Å². The van der Waals surface area contributed by atoms with Gasteiger partial charge in [0.05, 0.1) is 6.10 Å². The van der Waals surface area contributed by atoms with Crippen molar-refractivity contribution in [1.29, 1.82) is 0 Å². The van der Waals surface area contributed by atoms with E-state index in [1.807, 2.05) is 17.4 Å². The molecular formula is C16H19BrN2OS. The minimum absolute atomic E-state index is 0.211. The van der Waals surface area contributed by atoms with E-state index in [-0.39, 0.29) is 6.10 Å². The zero-order valence-electron chi connectivity index (χ0n) is 11.7. The van der Waals surface area contributed by atoms with Crippen molar-refractivity contribution in [3.63, 3.8) is 0 Å². The summed E-state index contributed by atoms with van der Waals surface area (Å²) in [6.45, 7) is 3.34. The van der Waals surface area contributed by atoms with E-state index in [0.717, 1.165) is 30.7 Å². The van der Waals surface area contributed by atoms with Crippen molar-refractivity contribution in [1.82, 2.24) is 10.6 Å². The van der Waals surface area contributed by atoms with E-state index in [1.54, 1.807) is 0 Å². The van der Waals surface area contributed by atoms with Crippen LogP contribution in [-0.2, 0) is 6.54 Å². The Bertz CT molecular complexity index is 601. The van der Waals surface area contributed by atoms with Crippen LogP contribution in [0.15, 0.2) is 40.9 Å². The van der Waals surface area contributed by atoms with E-state index in [2.05, 4.69) is 56.9 Å². The molecule has 1 fully saturated rings. The lowest BCUT2D eigenvalue weighted by Crippen LogP contribution is -2.29. The molecule has 3 N–H and O–H groups in total. The second-order valence-corrected chi connectivity index (χ2v) is 7.39. The van der Waals surface area contributed by atoms with Gasteiger partial charge < -0.3 is 15.7 Å². The van der Waals surface area contributed by atoms with E-state index in [4.69, 9.17) is 0 Å². The summed E-state index contributed by atoms with van der Waals surface area (Å²) < 4.78 is 1.13. The number of aliphatic hydroxyl groups excluding tert-OH is 1. The third kappa shape index (κ3) is 3.73. The van der Waals surface area contributed by atoms with Gasteiger partial charge in [0.1, 0.15) is 0 Å². The molecule has 3 nitrogen and oxygen atoms in total. The molecule has 1 saturated heterocycles. The molecular weight excluding hydrogens is 348 g/mol. The summed E-state index contributed by atoms with van der Waals surface area (Å²) in [4.78, 5) is 2.60. The van der Waals surface area contributed by atoms with Gasteiger partial charge >= 0.3 is 0 Å². The summed E-state index contributed by atoms with van der Waals surface area (Å²) in [6, 6.07) is 12.6. The van der Waals surface area contributed by atoms with Crippen molar-refractivity contribution in [2.75, 3.05) is 19.6 Å². The van der Waals surface area contributed by atoms with Gasteiger partial charge in [0.15, 0.2) is 0 Å². The van der Waals surface area contributed by atoms with Gasteiger partial charge in [0, 0.05) is 51.9 Å². The highest BCUT2D eigenvalue weighted by Gasteiger charge is 2.24. The van der Waals surface area contributed by atoms with Crippen LogP contribution in [0.25, 0.3) is 10.4 Å². The summed E-state index contributed by atoms with van der Waals surface area (Å²) in [6.07, 6.45) is -0.211. The highest BCUT2D eigenvalue weighted by atomic mass is 79.9. The van der Waals surface area contributed by atoms with Gasteiger partial charge in [-0.2, -0.15) is 0 Å². The molecule has 1 aromatic heterocycles. The summed E-state index contributed by atoms with van der Waals surface area (Å²) in [7, 11) is 0. The van der Waals surface area contributed by atoms with Crippen molar-refractivity contribution in [2.24, 2.45) is 5.92 Å². The van der Waals surface area contributed by atoms with Gasteiger partial charge in [0.2, 0.25) is 0 Å². The molecule has 2 unspecified atom stereocenters. The van der Waals surface area contributed by atoms with Gasteiger partial charge in [-0.15, -0.1) is 11.3 Å². The van der Waals surface area contributed by atoms with Crippen molar-refractivity contribution in [3.05, 3.63) is 45.7 Å². The van der Waals surface area contributed by atoms with Crippen LogP contribution in [0.4, 0.5) is 0 Å². The van der Waals surface area contributed by atoms with Crippen molar-refractivity contribution in [3.8, 4) is 10.4 Å². The first kappa shape index (κ1) is 15.2. The summed E-state index contributed by atoms with van der Waals surface area (Å²) in [5.41, 5.74) is 1.24. The Hall–Kier alpha value is -0.720. The molecule has 112 valence electrons. The fourth-order valence-corrected chi connectivity index (χ4v) is 4.23. The van der Waals surface area contributed by atoms with Gasteiger partial charge in [0.25, 0.3) is 0 Å². The van der Waals surface area contributed by atoms with E-state index < -0.39 is 0 Å². The van der Waals surface area contributed by atoms with E-state index in [0.29, 0.717) is 5.92 Å². The van der Waals surface area contributed by atoms with Crippen LogP contribution < -0.4 is 10.6 Å². The molecule has 0 amide bonds. The molecule has 0 spiro atoms. The average molecular weight is 367 g/mol. The lowest BCUT2D eigenvalue weighted by atomic mass is 10.1. The lowest BCUT2D eigenvalue weighted by molar-refractivity contribution is 0.146. The van der Waals surface area contributed by atoms with E-state index in [1.165, 1.54) is 15.3 Å². The number of rotatable bonds is 5. The summed E-state index contributed by atoms with van der Waals surface area (Å²) in [5.74, 6) is 0.327. The summed E-state index contributed by atoms with van der Waals surface area (Å²) >= 11 is 5.42. The van der Waals surface area contributed by atoms with E-state index in [9.17, 15) is 5.11 Å². The first-order valence-corrected chi connectivity index (χ1v) is 8.78. The maximum absolute atomic E-state index is 9.76. The number of hydrogen-bond donors (Lipinski definition) is 3. The predicted molar refractivity (Wildman–Crippen MR) is 91.5 cm³/mol. The van der Waals surface area contributed by atoms with Gasteiger partial charge in [-0.05, 0) is 18.2 Å². The number of thiophene rings is 1. The van der Waals surface area contributed by atoms with Gasteiger partial charge in [-0.1, -0.05) is 34.1 Å². The third-order valence-corrected chi connectivity index (χ3v) is 5.62. The summed E-state index contributed by atoms with van der Waals surface area (Å²) in [5, 5.41) is 16.4. The van der Waals surface area contributed by atoms with Gasteiger partial charge in [-0.25, -0.2) is 0 Å². The molecule has 1 aliphatic heterocycles. The number of β-amino-alcohol motifs (C(OH)–C–C–N with tert-alkyl or cyclic N) is 1. The predicted octanol–water partition coefficient (Wildman–Crippen LogP) is 2.85. The average Bonchev–Trinajstić information content (AvgIpc) is 3.10. The maximum atomic E-state index is 9.76. The van der Waals surface area contributed by atoms with Crippen molar-refractivity contribution in [2.45, 2.75) is 12.6 Å². The fraction of sp³-hybridized carbons (Fsp3) is 0.375. The second-order valence-electron chi connectivity index (χ2n) is 5.36. The zero-order chi connectivity index (χ0) is 14.7. The van der Waals surface area contributed by atoms with Crippen molar-refractivity contribution >= 4 is 27.3 Å². The molecule has 0 aliphatic carbocycles. The molecule has 0 bridgehead atoms. The van der Waals surface area contributed by atoms with Crippen LogP contribution in [0.5, 0.6) is 0 Å².